The molecule has 0 aliphatic heterocycles. The standard InChI is InChI=1S/C10H23NO2.BrH/c1-5-7-8(3)10(4,12)13-9(11)6-2;/h8-9,12H,5-7,11H2,1-4H3;1H. The number of ether oxygens (including phenoxy) is 1. The first-order valence-electron chi connectivity index (χ1n) is 5.09. The lowest BCUT2D eigenvalue weighted by Crippen LogP contribution is -2.42. The van der Waals surface area contributed by atoms with E-state index >= 15 is 0 Å². The molecular weight excluding hydrogens is 246 g/mol. The van der Waals surface area contributed by atoms with Crippen molar-refractivity contribution in [2.45, 2.75) is 59.0 Å². The lowest BCUT2D eigenvalue weighted by atomic mass is 9.97. The van der Waals surface area contributed by atoms with Crippen LogP contribution >= 0.6 is 17.0 Å². The van der Waals surface area contributed by atoms with Crippen LogP contribution in [0.4, 0.5) is 0 Å². The van der Waals surface area contributed by atoms with Crippen LogP contribution < -0.4 is 5.73 Å². The summed E-state index contributed by atoms with van der Waals surface area (Å²) < 4.78 is 5.33. The zero-order chi connectivity index (χ0) is 10.5. The Morgan fingerprint density at radius 1 is 1.43 bits per heavy atom. The Bertz CT molecular complexity index is 142. The first-order chi connectivity index (χ1) is 5.94. The lowest BCUT2D eigenvalue weighted by Gasteiger charge is -2.32. The molecule has 0 aromatic rings. The maximum Gasteiger partial charge on any atom is 0.167 e. The van der Waals surface area contributed by atoms with Gasteiger partial charge in [-0.1, -0.05) is 27.2 Å². The molecule has 4 heteroatoms. The number of hydrogen-bond acceptors (Lipinski definition) is 3. The van der Waals surface area contributed by atoms with Gasteiger partial charge >= 0.3 is 0 Å². The van der Waals surface area contributed by atoms with Crippen molar-refractivity contribution in [2.75, 3.05) is 0 Å². The fraction of sp³-hybridized carbons (Fsp3) is 1.00. The Hall–Kier alpha value is 0.360. The Kier molecular flexibility index (Phi) is 9.14. The highest BCUT2D eigenvalue weighted by atomic mass is 79.9. The summed E-state index contributed by atoms with van der Waals surface area (Å²) in [6, 6.07) is 0. The van der Waals surface area contributed by atoms with Crippen molar-refractivity contribution in [3.05, 3.63) is 0 Å². The summed E-state index contributed by atoms with van der Waals surface area (Å²) in [4.78, 5) is 0. The Morgan fingerprint density at radius 3 is 2.29 bits per heavy atom. The van der Waals surface area contributed by atoms with Crippen LogP contribution in [0.25, 0.3) is 0 Å². The number of halogens is 1. The van der Waals surface area contributed by atoms with Crippen LogP contribution in [0.5, 0.6) is 0 Å². The zero-order valence-corrected chi connectivity index (χ0v) is 11.3. The summed E-state index contributed by atoms with van der Waals surface area (Å²) in [6.07, 6.45) is 2.34. The summed E-state index contributed by atoms with van der Waals surface area (Å²) in [5, 5.41) is 9.91. The molecule has 88 valence electrons. The molecule has 3 nitrogen and oxygen atoms in total. The van der Waals surface area contributed by atoms with Gasteiger partial charge in [0.2, 0.25) is 0 Å². The summed E-state index contributed by atoms with van der Waals surface area (Å²) in [6.45, 7) is 7.69. The molecule has 0 aromatic carbocycles. The average Bonchev–Trinajstić information content (AvgIpc) is 2.04. The second kappa shape index (κ2) is 7.63. The fourth-order valence-electron chi connectivity index (χ4n) is 1.21. The van der Waals surface area contributed by atoms with E-state index in [-0.39, 0.29) is 29.1 Å². The normalized spacial score (nSPS) is 19.3. The molecule has 0 heterocycles. The van der Waals surface area contributed by atoms with E-state index in [4.69, 9.17) is 10.5 Å². The quantitative estimate of drug-likeness (QED) is 0.729. The Morgan fingerprint density at radius 2 is 1.93 bits per heavy atom. The topological polar surface area (TPSA) is 55.5 Å². The molecule has 0 saturated carbocycles. The van der Waals surface area contributed by atoms with Gasteiger partial charge in [-0.25, -0.2) is 0 Å². The fourth-order valence-corrected chi connectivity index (χ4v) is 1.21. The van der Waals surface area contributed by atoms with Gasteiger partial charge in [-0.15, -0.1) is 17.0 Å². The van der Waals surface area contributed by atoms with Gasteiger partial charge in [0.25, 0.3) is 0 Å². The van der Waals surface area contributed by atoms with Gasteiger partial charge in [0.05, 0.1) is 0 Å². The van der Waals surface area contributed by atoms with Gasteiger partial charge in [-0.3, -0.25) is 0 Å². The van der Waals surface area contributed by atoms with Crippen LogP contribution in [0.3, 0.4) is 0 Å². The van der Waals surface area contributed by atoms with Crippen LogP contribution in [-0.2, 0) is 4.74 Å². The molecule has 0 amide bonds. The largest absolute Gasteiger partial charge is 0.365 e. The van der Waals surface area contributed by atoms with E-state index in [0.717, 1.165) is 19.3 Å². The molecule has 0 saturated heterocycles. The summed E-state index contributed by atoms with van der Waals surface area (Å²) in [5.74, 6) is -0.971. The van der Waals surface area contributed by atoms with Crippen LogP contribution in [0.1, 0.15) is 47.0 Å². The molecule has 0 aliphatic carbocycles. The molecule has 14 heavy (non-hydrogen) atoms. The minimum absolute atomic E-state index is 0. The Labute approximate surface area is 97.8 Å². The number of aliphatic hydroxyl groups is 1. The van der Waals surface area contributed by atoms with Gasteiger partial charge in [0, 0.05) is 5.92 Å². The molecule has 0 fully saturated rings. The van der Waals surface area contributed by atoms with E-state index in [1.165, 1.54) is 0 Å². The Balaban J connectivity index is 0. The molecular formula is C10H24BrNO2. The monoisotopic (exact) mass is 269 g/mol. The second-order valence-corrected chi connectivity index (χ2v) is 3.81. The van der Waals surface area contributed by atoms with Gasteiger partial charge in [0.15, 0.2) is 5.79 Å². The smallest absolute Gasteiger partial charge is 0.167 e. The van der Waals surface area contributed by atoms with E-state index in [2.05, 4.69) is 6.92 Å². The molecule has 3 atom stereocenters. The van der Waals surface area contributed by atoms with Gasteiger partial charge in [-0.2, -0.15) is 0 Å². The zero-order valence-electron chi connectivity index (χ0n) is 9.62. The molecule has 3 N–H and O–H groups in total. The van der Waals surface area contributed by atoms with Crippen LogP contribution in [0.15, 0.2) is 0 Å². The highest BCUT2D eigenvalue weighted by Gasteiger charge is 2.30. The first-order valence-corrected chi connectivity index (χ1v) is 5.09. The number of rotatable bonds is 6. The van der Waals surface area contributed by atoms with Crippen molar-refractivity contribution in [1.82, 2.24) is 0 Å². The SMILES string of the molecule is Br.CCCC(C)C(C)(O)OC(N)CC. The van der Waals surface area contributed by atoms with Crippen molar-refractivity contribution in [1.29, 1.82) is 0 Å². The maximum atomic E-state index is 9.91. The predicted octanol–water partition coefficient (Wildman–Crippen LogP) is 2.42. The van der Waals surface area contributed by atoms with Crippen molar-refractivity contribution in [3.8, 4) is 0 Å². The highest BCUT2D eigenvalue weighted by molar-refractivity contribution is 8.93. The van der Waals surface area contributed by atoms with Crippen LogP contribution in [0.2, 0.25) is 0 Å². The van der Waals surface area contributed by atoms with Crippen molar-refractivity contribution in [3.63, 3.8) is 0 Å². The molecule has 0 spiro atoms. The molecule has 0 aromatic heterocycles. The van der Waals surface area contributed by atoms with Gasteiger partial charge in [0.1, 0.15) is 6.23 Å². The second-order valence-electron chi connectivity index (χ2n) is 3.81. The molecule has 0 radical (unpaired) electrons. The number of hydrogen-bond donors (Lipinski definition) is 2. The molecule has 0 rings (SSSR count). The van der Waals surface area contributed by atoms with Crippen molar-refractivity contribution < 1.29 is 9.84 Å². The maximum absolute atomic E-state index is 9.91. The summed E-state index contributed by atoms with van der Waals surface area (Å²) in [7, 11) is 0. The predicted molar refractivity (Wildman–Crippen MR) is 64.4 cm³/mol. The third-order valence-electron chi connectivity index (χ3n) is 2.43. The van der Waals surface area contributed by atoms with Crippen molar-refractivity contribution >= 4 is 17.0 Å². The third kappa shape index (κ3) is 5.96. The number of nitrogens with two attached hydrogens (primary N) is 1. The van der Waals surface area contributed by atoms with E-state index in [1.54, 1.807) is 6.92 Å². The van der Waals surface area contributed by atoms with Crippen molar-refractivity contribution in [2.24, 2.45) is 11.7 Å². The van der Waals surface area contributed by atoms with Gasteiger partial charge in [-0.05, 0) is 19.8 Å². The van der Waals surface area contributed by atoms with Gasteiger partial charge < -0.3 is 15.6 Å². The first kappa shape index (κ1) is 16.8. The third-order valence-corrected chi connectivity index (χ3v) is 2.43. The van der Waals surface area contributed by atoms with E-state index < -0.39 is 5.79 Å². The molecule has 3 unspecified atom stereocenters. The minimum atomic E-state index is -1.09. The molecule has 0 bridgehead atoms. The van der Waals surface area contributed by atoms with Crippen LogP contribution in [0, 0.1) is 5.92 Å². The van der Waals surface area contributed by atoms with E-state index in [0.29, 0.717) is 0 Å². The van der Waals surface area contributed by atoms with Crippen LogP contribution in [-0.4, -0.2) is 17.1 Å². The van der Waals surface area contributed by atoms with E-state index in [9.17, 15) is 5.11 Å². The highest BCUT2D eigenvalue weighted by Crippen LogP contribution is 2.23. The minimum Gasteiger partial charge on any atom is -0.365 e. The summed E-state index contributed by atoms with van der Waals surface area (Å²) in [5.41, 5.74) is 5.61. The van der Waals surface area contributed by atoms with E-state index in [1.807, 2.05) is 13.8 Å². The lowest BCUT2D eigenvalue weighted by molar-refractivity contribution is -0.245. The average molecular weight is 270 g/mol. The molecule has 0 aliphatic rings. The summed E-state index contributed by atoms with van der Waals surface area (Å²) >= 11 is 0.